The smallest absolute Gasteiger partial charge is 0.251 e. The van der Waals surface area contributed by atoms with Gasteiger partial charge >= 0.3 is 0 Å². The van der Waals surface area contributed by atoms with Crippen LogP contribution in [0.5, 0.6) is 0 Å². The van der Waals surface area contributed by atoms with E-state index in [1.807, 2.05) is 13.0 Å². The molecule has 3 aromatic rings. The molecule has 0 saturated carbocycles. The Balaban J connectivity index is 0.888. The van der Waals surface area contributed by atoms with E-state index in [2.05, 4.69) is 246 Å². The molecule has 0 aromatic carbocycles. The lowest BCUT2D eigenvalue weighted by Crippen LogP contribution is -2.37. The maximum Gasteiger partial charge on any atom is 0.251 e. The molecule has 124 heavy (non-hydrogen) atoms. The number of amides is 3. The van der Waals surface area contributed by atoms with E-state index in [9.17, 15) is 14.4 Å². The summed E-state index contributed by atoms with van der Waals surface area (Å²) in [5, 5.41) is 9.46. The SMILES string of the molecule is CCCC1=C(CC)/C(=C/c2[nH]c(/C=C3N=C(/C=C4\NC(=O)C(CCC)=C4CC)C(C)=C\3CC)c(CC)c2C)N=C1OCC(C)(COC1=N/C(=C/c2[nH]c(/C=C3N=C(/C=C4\NC(=O)C(C)=C4CC)C(C)=C\3CC)c(CC)c2C)C(CC)=C1C)COC1=N/C(=C/c2[nH]c(/C=C3N=C(/C=C4\NC(=O)C(CCC)=C4CC)C(C)=C\3CC)c(CC)c2C)C(CC)=C1CCC. The Labute approximate surface area is 738 Å². The summed E-state index contributed by atoms with van der Waals surface area (Å²) in [6.45, 7) is 54.6. The average Bonchev–Trinajstić information content (AvgIpc) is 1.63. The summed E-state index contributed by atoms with van der Waals surface area (Å²) in [5.74, 6) is 1.75. The third kappa shape index (κ3) is 18.3. The maximum absolute atomic E-state index is 13.2. The van der Waals surface area contributed by atoms with Gasteiger partial charge in [-0.1, -0.05) is 136 Å². The summed E-state index contributed by atoms with van der Waals surface area (Å²) in [5.41, 5.74) is 42.2. The van der Waals surface area contributed by atoms with Crippen LogP contribution in [0.25, 0.3) is 36.5 Å². The van der Waals surface area contributed by atoms with Crippen LogP contribution in [0.3, 0.4) is 0 Å². The largest absolute Gasteiger partial charge is 0.477 e. The lowest BCUT2D eigenvalue weighted by atomic mass is 9.93. The minimum Gasteiger partial charge on any atom is -0.477 e. The molecule has 0 fully saturated rings. The molecule has 0 radical (unpaired) electrons. The normalized spacial score (nSPS) is 21.2. The highest BCUT2D eigenvalue weighted by atomic mass is 16.5. The number of carbonyl (C=O) groups excluding carboxylic acids is 3. The number of allylic oxidation sites excluding steroid dienone is 15. The van der Waals surface area contributed by atoms with Crippen molar-refractivity contribution in [2.75, 3.05) is 19.8 Å². The second-order valence-electron chi connectivity index (χ2n) is 34.4. The highest BCUT2D eigenvalue weighted by Gasteiger charge is 2.38. The topological polar surface area (TPSA) is 237 Å². The molecule has 6 N–H and O–H groups in total. The molecule has 12 rings (SSSR count). The standard InChI is InChI=1S/C106H136N12O6/c1-26-42-78-74(38-13)96(114-101(78)120)48-84-60(19)68(32-7)90(109-84)53-92-70(34-9)62(21)86(111-92)50-98-76(40-15)80(44-28-3)104(117-98)123-56-106(25,55-122-103-65(24)73(37-12)95(116-103)47-83-59(18)67(31-6)89(108-83)52-88-66(30-5)58(17)82(107-88)46-94-72(36-11)64(23)100(119)113-94)57-124-105-81(45-29-4)77(41-16)99(118-105)51-87-63(22)71(35-10)93(112-87)54-91-69(33-8)61(20)85(110-91)49-97-75(39-14)79(43-27-2)102(121)115-97/h46-54,108,111-112H,26-45,55-57H2,1-25H3,(H,113,119)(H,114,120)(H,115,121)/b88-52-,90-53-,91-54-,94-46-,95-47+,96-48-,97-49-,98-50-,99-51+. The van der Waals surface area contributed by atoms with E-state index in [0.29, 0.717) is 17.7 Å². The van der Waals surface area contributed by atoms with Gasteiger partial charge in [0.05, 0.1) is 56.7 Å². The number of ether oxygens (including phenoxy) is 3. The second-order valence-corrected chi connectivity index (χ2v) is 34.4. The zero-order valence-electron chi connectivity index (χ0n) is 79.1. The average molecular weight is 1670 g/mol. The summed E-state index contributed by atoms with van der Waals surface area (Å²) in [6, 6.07) is 0. The van der Waals surface area contributed by atoms with Gasteiger partial charge in [0.25, 0.3) is 17.7 Å². The Morgan fingerprint density at radius 2 is 0.532 bits per heavy atom. The number of H-pyrrole nitrogens is 3. The number of aliphatic imine (C=N–C) groups is 6. The lowest BCUT2D eigenvalue weighted by Gasteiger charge is -2.30. The number of carbonyl (C=O) groups is 3. The zero-order chi connectivity index (χ0) is 89.4. The summed E-state index contributed by atoms with van der Waals surface area (Å²) < 4.78 is 21.7. The second kappa shape index (κ2) is 39.9. The van der Waals surface area contributed by atoms with Gasteiger partial charge in [-0.05, 0) is 320 Å². The number of hydrogen-bond donors (Lipinski definition) is 6. The van der Waals surface area contributed by atoms with Gasteiger partial charge in [0, 0.05) is 84.7 Å². The van der Waals surface area contributed by atoms with Gasteiger partial charge in [0.1, 0.15) is 19.8 Å². The van der Waals surface area contributed by atoms with E-state index in [0.717, 1.165) is 331 Å². The number of aromatic amines is 3. The fourth-order valence-electron chi connectivity index (χ4n) is 19.4. The summed E-state index contributed by atoms with van der Waals surface area (Å²) >= 11 is 0. The van der Waals surface area contributed by atoms with Crippen LogP contribution >= 0.6 is 0 Å². The summed E-state index contributed by atoms with van der Waals surface area (Å²) in [7, 11) is 0. The van der Waals surface area contributed by atoms with Crippen molar-refractivity contribution < 1.29 is 28.6 Å². The fourth-order valence-corrected chi connectivity index (χ4v) is 19.4. The van der Waals surface area contributed by atoms with Crippen molar-refractivity contribution in [3.63, 3.8) is 0 Å². The minimum absolute atomic E-state index is 0.00373. The number of nitrogens with zero attached hydrogens (tertiary/aromatic N) is 6. The number of aromatic nitrogens is 3. The van der Waals surface area contributed by atoms with Crippen LogP contribution in [0.15, 0.2) is 200 Å². The Kier molecular flexibility index (Phi) is 29.6. The predicted molar refractivity (Wildman–Crippen MR) is 516 cm³/mol. The van der Waals surface area contributed by atoms with E-state index in [4.69, 9.17) is 44.2 Å². The fraction of sp³-hybridized carbons (Fsp3) is 0.462. The Morgan fingerprint density at radius 1 is 0.266 bits per heavy atom. The molecule has 12 heterocycles. The minimum atomic E-state index is -0.805. The van der Waals surface area contributed by atoms with E-state index < -0.39 is 5.41 Å². The first kappa shape index (κ1) is 92.2. The van der Waals surface area contributed by atoms with Crippen molar-refractivity contribution in [3.05, 3.63) is 237 Å². The zero-order valence-corrected chi connectivity index (χ0v) is 79.1. The van der Waals surface area contributed by atoms with Crippen LogP contribution in [0.1, 0.15) is 329 Å². The van der Waals surface area contributed by atoms with Gasteiger partial charge < -0.3 is 45.1 Å². The van der Waals surface area contributed by atoms with E-state index >= 15 is 0 Å². The molecule has 1 unspecified atom stereocenters. The molecule has 9 aliphatic rings. The van der Waals surface area contributed by atoms with Crippen LogP contribution in [-0.2, 0) is 47.9 Å². The van der Waals surface area contributed by atoms with Gasteiger partial charge in [-0.15, -0.1) is 0 Å². The van der Waals surface area contributed by atoms with E-state index in [1.54, 1.807) is 0 Å². The van der Waals surface area contributed by atoms with Crippen LogP contribution in [-0.4, -0.2) is 87.3 Å². The van der Waals surface area contributed by atoms with Crippen molar-refractivity contribution >= 4 is 89.0 Å². The number of nitrogens with one attached hydrogen (secondary N) is 6. The highest BCUT2D eigenvalue weighted by Crippen LogP contribution is 2.43. The Morgan fingerprint density at radius 3 is 0.847 bits per heavy atom. The Bertz CT molecular complexity index is 5490. The molecular formula is C106H136N12O6. The molecule has 656 valence electrons. The van der Waals surface area contributed by atoms with E-state index in [1.165, 1.54) is 33.4 Å². The predicted octanol–water partition coefficient (Wildman–Crippen LogP) is 25.1. The first-order valence-electron chi connectivity index (χ1n) is 46.5. The first-order valence-corrected chi connectivity index (χ1v) is 46.5. The molecule has 0 spiro atoms. The highest BCUT2D eigenvalue weighted by molar-refractivity contribution is 6.16. The number of hydrogen-bond acceptors (Lipinski definition) is 12. The molecule has 0 bridgehead atoms. The van der Waals surface area contributed by atoms with Crippen molar-refractivity contribution in [2.24, 2.45) is 35.4 Å². The maximum atomic E-state index is 13.2. The van der Waals surface area contributed by atoms with Gasteiger partial charge in [0.15, 0.2) is 0 Å². The van der Waals surface area contributed by atoms with Crippen LogP contribution in [0, 0.1) is 26.2 Å². The summed E-state index contributed by atoms with van der Waals surface area (Å²) in [6.07, 6.45) is 35.5. The van der Waals surface area contributed by atoms with Gasteiger partial charge in [-0.3, -0.25) is 14.4 Å². The monoisotopic (exact) mass is 1670 g/mol. The van der Waals surface area contributed by atoms with Gasteiger partial charge in [-0.2, -0.15) is 0 Å². The van der Waals surface area contributed by atoms with Crippen molar-refractivity contribution in [2.45, 2.75) is 302 Å². The van der Waals surface area contributed by atoms with Gasteiger partial charge in [-0.25, -0.2) is 30.0 Å². The third-order valence-electron chi connectivity index (χ3n) is 26.4. The van der Waals surface area contributed by atoms with Crippen LogP contribution in [0.4, 0.5) is 0 Å². The van der Waals surface area contributed by atoms with Crippen molar-refractivity contribution in [1.82, 2.24) is 30.9 Å². The van der Waals surface area contributed by atoms with E-state index in [-0.39, 0.29) is 37.5 Å². The van der Waals surface area contributed by atoms with Gasteiger partial charge in [0.2, 0.25) is 17.7 Å². The molecule has 0 aliphatic carbocycles. The van der Waals surface area contributed by atoms with Crippen LogP contribution in [0.2, 0.25) is 0 Å². The molecule has 18 heteroatoms. The third-order valence-corrected chi connectivity index (χ3v) is 26.4. The lowest BCUT2D eigenvalue weighted by molar-refractivity contribution is -0.117. The van der Waals surface area contributed by atoms with Crippen LogP contribution < -0.4 is 16.0 Å². The molecule has 1 atom stereocenters. The van der Waals surface area contributed by atoms with Crippen molar-refractivity contribution in [3.8, 4) is 0 Å². The molecule has 3 amide bonds. The molecule has 18 nitrogen and oxygen atoms in total. The summed E-state index contributed by atoms with van der Waals surface area (Å²) in [4.78, 5) is 83.0. The van der Waals surface area contributed by atoms with Crippen molar-refractivity contribution in [1.29, 1.82) is 0 Å². The molecule has 0 saturated heterocycles. The molecular weight excluding hydrogens is 1540 g/mol. The Hall–Kier alpha value is -11.0. The molecule has 3 aromatic heterocycles. The quantitative estimate of drug-likeness (QED) is 0.0335. The number of rotatable bonds is 35. The molecule has 9 aliphatic heterocycles. The first-order chi connectivity index (χ1) is 59.6.